The molecule has 0 N–H and O–H groups in total. The number of hydrogen-bond donors (Lipinski definition) is 0. The maximum atomic E-state index is 14.5. The Morgan fingerprint density at radius 3 is 2.48 bits per heavy atom. The smallest absolute Gasteiger partial charge is 0.416 e. The van der Waals surface area contributed by atoms with Crippen LogP contribution in [0.15, 0.2) is 60.4 Å². The molecule has 1 amide bonds. The fraction of sp³-hybridized carbons (Fsp3) is 0.438. The monoisotopic (exact) mass is 637 g/mol. The van der Waals surface area contributed by atoms with Crippen LogP contribution < -0.4 is 14.4 Å². The molecule has 0 bridgehead atoms. The first-order valence-corrected chi connectivity index (χ1v) is 14.5. The molecule has 1 aliphatic heterocycles. The van der Waals surface area contributed by atoms with Crippen LogP contribution in [0.1, 0.15) is 50.0 Å². The zero-order valence-electron chi connectivity index (χ0n) is 25.1. The summed E-state index contributed by atoms with van der Waals surface area (Å²) in [5.41, 5.74) is -2.00. The van der Waals surface area contributed by atoms with E-state index in [1.54, 1.807) is 50.3 Å². The number of rotatable bonds is 10. The third-order valence-corrected chi connectivity index (χ3v) is 8.02. The molecule has 2 aliphatic rings. The van der Waals surface area contributed by atoms with E-state index in [0.29, 0.717) is 29.4 Å². The van der Waals surface area contributed by atoms with Crippen LogP contribution in [0.3, 0.4) is 0 Å². The number of ether oxygens (including phenoxy) is 5. The Labute approximate surface area is 259 Å². The lowest BCUT2D eigenvalue weighted by molar-refractivity contribution is -0.167. The highest BCUT2D eigenvalue weighted by Crippen LogP contribution is 2.48. The number of fused-ring (bicyclic) bond motifs is 1. The summed E-state index contributed by atoms with van der Waals surface area (Å²) in [5, 5.41) is -0.845. The summed E-state index contributed by atoms with van der Waals surface area (Å²) < 4.78 is 70.4. The van der Waals surface area contributed by atoms with Crippen molar-refractivity contribution in [2.45, 2.75) is 57.0 Å². The average molecular weight is 638 g/mol. The van der Waals surface area contributed by atoms with Crippen LogP contribution in [0, 0.1) is 5.92 Å². The maximum Gasteiger partial charge on any atom is 0.416 e. The molecule has 0 spiro atoms. The number of carbonyl (C=O) groups excluding carboxylic acids is 2. The summed E-state index contributed by atoms with van der Waals surface area (Å²) in [4.78, 5) is 28.6. The van der Waals surface area contributed by atoms with Gasteiger partial charge in [-0.15, -0.1) is 11.6 Å². The van der Waals surface area contributed by atoms with Crippen molar-refractivity contribution in [3.05, 3.63) is 77.1 Å². The van der Waals surface area contributed by atoms with Crippen LogP contribution in [0.4, 0.5) is 18.9 Å². The Morgan fingerprint density at radius 1 is 1.09 bits per heavy atom. The first kappa shape index (κ1) is 33.2. The third kappa shape index (κ3) is 6.83. The molecule has 4 atom stereocenters. The van der Waals surface area contributed by atoms with Crippen LogP contribution in [0.5, 0.6) is 11.5 Å². The van der Waals surface area contributed by atoms with Crippen LogP contribution in [0.25, 0.3) is 0 Å². The van der Waals surface area contributed by atoms with Gasteiger partial charge in [-0.05, 0) is 57.2 Å². The number of carbonyl (C=O) groups is 2. The van der Waals surface area contributed by atoms with Crippen molar-refractivity contribution in [1.82, 2.24) is 0 Å². The zero-order valence-corrected chi connectivity index (χ0v) is 25.8. The second-order valence-electron chi connectivity index (χ2n) is 10.5. The Bertz CT molecular complexity index is 1440. The van der Waals surface area contributed by atoms with Gasteiger partial charge in [0.05, 0.1) is 57.4 Å². The van der Waals surface area contributed by atoms with Gasteiger partial charge in [0.15, 0.2) is 5.60 Å². The van der Waals surface area contributed by atoms with E-state index in [0.717, 1.165) is 12.1 Å². The fourth-order valence-electron chi connectivity index (χ4n) is 5.40. The molecule has 4 rings (SSSR count). The Kier molecular flexibility index (Phi) is 10.2. The second kappa shape index (κ2) is 13.5. The molecule has 0 fully saturated rings. The standard InChI is InChI=1S/C32H35ClF3NO7/c1-6-42-25-10-8-9-22(28(25)33)29-23-15-20(32(34,35)36)12-14-24(23)37(18-19-11-13-21(40-4)16-26(19)41-5)30(39)31(3,44-29)17-27(38)43-7-2/h8-16,22,28-29H,6-7,17-18H2,1-5H3/t22?,28?,29-,31+/m1/s1. The summed E-state index contributed by atoms with van der Waals surface area (Å²) in [6.07, 6.45) is -1.32. The molecule has 2 unspecified atom stereocenters. The number of esters is 1. The third-order valence-electron chi connectivity index (χ3n) is 7.51. The lowest BCUT2D eigenvalue weighted by atomic mass is 9.86. The van der Waals surface area contributed by atoms with E-state index in [-0.39, 0.29) is 24.4 Å². The minimum Gasteiger partial charge on any atom is -0.497 e. The molecule has 0 radical (unpaired) electrons. The zero-order chi connectivity index (χ0) is 32.2. The molecule has 8 nitrogen and oxygen atoms in total. The van der Waals surface area contributed by atoms with E-state index in [1.807, 2.05) is 0 Å². The van der Waals surface area contributed by atoms with Crippen molar-refractivity contribution >= 4 is 29.2 Å². The van der Waals surface area contributed by atoms with Crippen LogP contribution >= 0.6 is 11.6 Å². The molecule has 0 aromatic heterocycles. The molecule has 44 heavy (non-hydrogen) atoms. The molecular formula is C32H35ClF3NO7. The summed E-state index contributed by atoms with van der Waals surface area (Å²) in [5.74, 6) is -0.826. The van der Waals surface area contributed by atoms with Crippen molar-refractivity contribution in [1.29, 1.82) is 0 Å². The number of amides is 1. The van der Waals surface area contributed by atoms with E-state index >= 15 is 0 Å². The minimum absolute atomic E-state index is 0.0616. The number of anilines is 1. The van der Waals surface area contributed by atoms with Gasteiger partial charge >= 0.3 is 12.1 Å². The van der Waals surface area contributed by atoms with Gasteiger partial charge in [-0.1, -0.05) is 12.2 Å². The molecule has 12 heteroatoms. The van der Waals surface area contributed by atoms with Gasteiger partial charge in [0.1, 0.15) is 17.3 Å². The van der Waals surface area contributed by atoms with Gasteiger partial charge < -0.3 is 28.6 Å². The number of methoxy groups -OCH3 is 2. The van der Waals surface area contributed by atoms with Gasteiger partial charge in [-0.3, -0.25) is 9.59 Å². The number of hydrogen-bond acceptors (Lipinski definition) is 7. The van der Waals surface area contributed by atoms with Crippen molar-refractivity contribution in [3.8, 4) is 11.5 Å². The highest BCUT2D eigenvalue weighted by molar-refractivity contribution is 6.22. The number of allylic oxidation sites excluding steroid dienone is 3. The van der Waals surface area contributed by atoms with Crippen LogP contribution in [-0.4, -0.2) is 50.3 Å². The largest absolute Gasteiger partial charge is 0.497 e. The van der Waals surface area contributed by atoms with Crippen LogP contribution in [-0.2, 0) is 36.5 Å². The summed E-state index contributed by atoms with van der Waals surface area (Å²) in [6, 6.07) is 8.13. The van der Waals surface area contributed by atoms with Gasteiger partial charge in [-0.25, -0.2) is 0 Å². The van der Waals surface area contributed by atoms with E-state index in [2.05, 4.69) is 0 Å². The number of benzene rings is 2. The molecule has 2 aromatic carbocycles. The average Bonchev–Trinajstić information content (AvgIpc) is 3.06. The molecule has 1 aliphatic carbocycles. The number of nitrogens with zero attached hydrogens (tertiary/aromatic N) is 1. The molecule has 2 aromatic rings. The van der Waals surface area contributed by atoms with Gasteiger partial charge in [-0.2, -0.15) is 13.2 Å². The number of alkyl halides is 4. The summed E-state index contributed by atoms with van der Waals surface area (Å²) in [7, 11) is 2.95. The van der Waals surface area contributed by atoms with E-state index in [4.69, 9.17) is 35.3 Å². The SMILES string of the molecule is CCOC(=O)C[C@]1(C)O[C@H](C2C=CC=C(OCC)C2Cl)c2cc(C(F)(F)F)ccc2N(Cc2ccc(OC)cc2OC)C1=O. The van der Waals surface area contributed by atoms with E-state index < -0.39 is 53.0 Å². The molecule has 1 heterocycles. The molecular weight excluding hydrogens is 603 g/mol. The first-order chi connectivity index (χ1) is 20.9. The summed E-state index contributed by atoms with van der Waals surface area (Å²) >= 11 is 6.86. The molecule has 0 saturated carbocycles. The van der Waals surface area contributed by atoms with Crippen molar-refractivity contribution in [3.63, 3.8) is 0 Å². The first-order valence-electron chi connectivity index (χ1n) is 14.1. The molecule has 238 valence electrons. The van der Waals surface area contributed by atoms with Gasteiger partial charge in [0.25, 0.3) is 5.91 Å². The topological polar surface area (TPSA) is 83.5 Å². The van der Waals surface area contributed by atoms with Crippen LogP contribution in [0.2, 0.25) is 0 Å². The van der Waals surface area contributed by atoms with Gasteiger partial charge in [0.2, 0.25) is 0 Å². The number of halogens is 4. The van der Waals surface area contributed by atoms with Crippen molar-refractivity contribution in [2.75, 3.05) is 32.3 Å². The highest BCUT2D eigenvalue weighted by atomic mass is 35.5. The summed E-state index contributed by atoms with van der Waals surface area (Å²) in [6.45, 7) is 5.10. The highest BCUT2D eigenvalue weighted by Gasteiger charge is 2.50. The Morgan fingerprint density at radius 2 is 1.84 bits per heavy atom. The van der Waals surface area contributed by atoms with Crippen molar-refractivity contribution < 1.29 is 46.4 Å². The van der Waals surface area contributed by atoms with Crippen molar-refractivity contribution in [2.24, 2.45) is 5.92 Å². The van der Waals surface area contributed by atoms with E-state index in [1.165, 1.54) is 32.1 Å². The lowest BCUT2D eigenvalue weighted by Gasteiger charge is -2.36. The van der Waals surface area contributed by atoms with Gasteiger partial charge in [0, 0.05) is 28.8 Å². The maximum absolute atomic E-state index is 14.5. The Balaban J connectivity index is 1.94. The fourth-order valence-corrected chi connectivity index (χ4v) is 5.75. The lowest BCUT2D eigenvalue weighted by Crippen LogP contribution is -2.49. The Hall–Kier alpha value is -3.70. The second-order valence-corrected chi connectivity index (χ2v) is 10.9. The minimum atomic E-state index is -4.69. The predicted molar refractivity (Wildman–Crippen MR) is 158 cm³/mol. The predicted octanol–water partition coefficient (Wildman–Crippen LogP) is 6.75. The quantitative estimate of drug-likeness (QED) is 0.210. The van der Waals surface area contributed by atoms with E-state index in [9.17, 15) is 22.8 Å². The molecule has 0 saturated heterocycles. The normalized spacial score (nSPS) is 23.4.